The van der Waals surface area contributed by atoms with E-state index in [0.717, 1.165) is 11.3 Å². The van der Waals surface area contributed by atoms with E-state index >= 15 is 0 Å². The van der Waals surface area contributed by atoms with Gasteiger partial charge < -0.3 is 9.47 Å². The Morgan fingerprint density at radius 1 is 1.12 bits per heavy atom. The summed E-state index contributed by atoms with van der Waals surface area (Å²) in [4.78, 5) is 17.5. The van der Waals surface area contributed by atoms with Crippen LogP contribution in [0.3, 0.4) is 0 Å². The average Bonchev–Trinajstić information content (AvgIpc) is 2.66. The molecule has 5 nitrogen and oxygen atoms in total. The Balaban J connectivity index is 1.94. The lowest BCUT2D eigenvalue weighted by atomic mass is 10.2. The molecule has 0 spiro atoms. The minimum Gasteiger partial charge on any atom is -0.497 e. The highest BCUT2D eigenvalue weighted by atomic mass is 32.2. The first-order valence-corrected chi connectivity index (χ1v) is 8.95. The van der Waals surface area contributed by atoms with Crippen molar-refractivity contribution in [2.75, 3.05) is 20.8 Å². The molecule has 0 saturated carbocycles. The maximum absolute atomic E-state index is 12.8. The largest absolute Gasteiger partial charge is 0.497 e. The van der Waals surface area contributed by atoms with Gasteiger partial charge in [0.1, 0.15) is 5.75 Å². The van der Waals surface area contributed by atoms with Gasteiger partial charge in [0.15, 0.2) is 5.16 Å². The van der Waals surface area contributed by atoms with E-state index in [1.165, 1.54) is 11.8 Å². The van der Waals surface area contributed by atoms with Gasteiger partial charge in [-0.2, -0.15) is 0 Å². The maximum atomic E-state index is 12.8. The molecule has 2 aromatic carbocycles. The summed E-state index contributed by atoms with van der Waals surface area (Å²) in [5.41, 5.74) is 1.80. The lowest BCUT2D eigenvalue weighted by Crippen LogP contribution is -2.25. The van der Waals surface area contributed by atoms with Gasteiger partial charge >= 0.3 is 0 Å². The van der Waals surface area contributed by atoms with E-state index in [1.54, 1.807) is 18.8 Å². The van der Waals surface area contributed by atoms with E-state index in [-0.39, 0.29) is 5.56 Å². The molecule has 3 aromatic rings. The number of methoxy groups -OCH3 is 2. The molecule has 0 amide bonds. The summed E-state index contributed by atoms with van der Waals surface area (Å²) in [6.07, 6.45) is 0. The van der Waals surface area contributed by atoms with Gasteiger partial charge in [-0.25, -0.2) is 4.98 Å². The van der Waals surface area contributed by atoms with Crippen molar-refractivity contribution >= 4 is 22.7 Å². The normalized spacial score (nSPS) is 11.0. The number of hydrogen-bond donors (Lipinski definition) is 0. The Morgan fingerprint density at radius 3 is 2.76 bits per heavy atom. The van der Waals surface area contributed by atoms with Crippen molar-refractivity contribution in [1.82, 2.24) is 9.55 Å². The lowest BCUT2D eigenvalue weighted by molar-refractivity contribution is 0.183. The molecule has 0 radical (unpaired) electrons. The van der Waals surface area contributed by atoms with E-state index in [9.17, 15) is 4.79 Å². The molecule has 0 aliphatic heterocycles. The fourth-order valence-electron chi connectivity index (χ4n) is 2.55. The van der Waals surface area contributed by atoms with E-state index in [1.807, 2.05) is 48.5 Å². The Labute approximate surface area is 150 Å². The highest BCUT2D eigenvalue weighted by Gasteiger charge is 2.11. The number of hydrogen-bond acceptors (Lipinski definition) is 5. The van der Waals surface area contributed by atoms with Crippen LogP contribution in [0.4, 0.5) is 0 Å². The standard InChI is InChI=1S/C19H20N2O3S/c1-23-11-10-21-18(22)16-8-3-4-9-17(16)20-19(21)25-13-14-6-5-7-15(12-14)24-2/h3-9,12H,10-11,13H2,1-2H3. The van der Waals surface area contributed by atoms with Crippen molar-refractivity contribution in [2.45, 2.75) is 17.5 Å². The molecular formula is C19H20N2O3S. The molecule has 0 aliphatic rings. The van der Waals surface area contributed by atoms with Crippen LogP contribution in [-0.4, -0.2) is 30.4 Å². The van der Waals surface area contributed by atoms with E-state index in [4.69, 9.17) is 9.47 Å². The summed E-state index contributed by atoms with van der Waals surface area (Å²) >= 11 is 1.54. The Bertz CT molecular complexity index is 924. The molecule has 0 N–H and O–H groups in total. The second kappa shape index (κ2) is 8.18. The topological polar surface area (TPSA) is 53.4 Å². The molecule has 0 saturated heterocycles. The van der Waals surface area contributed by atoms with E-state index in [0.29, 0.717) is 35.0 Å². The summed E-state index contributed by atoms with van der Waals surface area (Å²) in [7, 11) is 3.28. The highest BCUT2D eigenvalue weighted by molar-refractivity contribution is 7.98. The first-order chi connectivity index (χ1) is 12.2. The van der Waals surface area contributed by atoms with Gasteiger partial charge in [-0.3, -0.25) is 9.36 Å². The Hall–Kier alpha value is -2.31. The van der Waals surface area contributed by atoms with E-state index < -0.39 is 0 Å². The van der Waals surface area contributed by atoms with Gasteiger partial charge in [0, 0.05) is 12.9 Å². The SMILES string of the molecule is COCCn1c(SCc2cccc(OC)c2)nc2ccccc2c1=O. The molecule has 1 aromatic heterocycles. The van der Waals surface area contributed by atoms with Crippen molar-refractivity contribution < 1.29 is 9.47 Å². The number of para-hydroxylation sites is 1. The fourth-order valence-corrected chi connectivity index (χ4v) is 3.52. The third kappa shape index (κ3) is 4.03. The van der Waals surface area contributed by atoms with Gasteiger partial charge in [0.05, 0.1) is 31.2 Å². The molecule has 0 aliphatic carbocycles. The van der Waals surface area contributed by atoms with Crippen LogP contribution in [0.2, 0.25) is 0 Å². The van der Waals surface area contributed by atoms with Crippen molar-refractivity contribution in [3.8, 4) is 5.75 Å². The predicted octanol–water partition coefficient (Wildman–Crippen LogP) is 3.34. The van der Waals surface area contributed by atoms with Crippen LogP contribution in [0.5, 0.6) is 5.75 Å². The fraction of sp³-hybridized carbons (Fsp3) is 0.263. The van der Waals surface area contributed by atoms with Crippen LogP contribution in [0.1, 0.15) is 5.56 Å². The van der Waals surface area contributed by atoms with Crippen molar-refractivity contribution in [3.63, 3.8) is 0 Å². The molecule has 1 heterocycles. The smallest absolute Gasteiger partial charge is 0.262 e. The summed E-state index contributed by atoms with van der Waals surface area (Å²) in [5.74, 6) is 1.52. The van der Waals surface area contributed by atoms with Crippen LogP contribution < -0.4 is 10.3 Å². The zero-order chi connectivity index (χ0) is 17.6. The number of fused-ring (bicyclic) bond motifs is 1. The molecule has 0 atom stereocenters. The minimum absolute atomic E-state index is 0.0317. The van der Waals surface area contributed by atoms with Gasteiger partial charge in [-0.05, 0) is 29.8 Å². The zero-order valence-electron chi connectivity index (χ0n) is 14.3. The Morgan fingerprint density at radius 2 is 1.96 bits per heavy atom. The van der Waals surface area contributed by atoms with Gasteiger partial charge in [0.2, 0.25) is 0 Å². The first kappa shape index (κ1) is 17.5. The molecule has 6 heteroatoms. The summed E-state index contributed by atoms with van der Waals surface area (Å²) in [6.45, 7) is 0.945. The number of ether oxygens (including phenoxy) is 2. The van der Waals surface area contributed by atoms with Crippen molar-refractivity contribution in [1.29, 1.82) is 0 Å². The first-order valence-electron chi connectivity index (χ1n) is 7.97. The second-order valence-electron chi connectivity index (χ2n) is 5.50. The van der Waals surface area contributed by atoms with Crippen LogP contribution in [0, 0.1) is 0 Å². The maximum Gasteiger partial charge on any atom is 0.262 e. The van der Waals surface area contributed by atoms with Gasteiger partial charge in [-0.15, -0.1) is 0 Å². The molecule has 0 unspecified atom stereocenters. The molecule has 25 heavy (non-hydrogen) atoms. The highest BCUT2D eigenvalue weighted by Crippen LogP contribution is 2.24. The summed E-state index contributed by atoms with van der Waals surface area (Å²) in [5, 5.41) is 1.33. The molecule has 0 bridgehead atoms. The van der Waals surface area contributed by atoms with Crippen LogP contribution in [0.25, 0.3) is 10.9 Å². The quantitative estimate of drug-likeness (QED) is 0.480. The number of rotatable bonds is 7. The number of aromatic nitrogens is 2. The molecule has 3 rings (SSSR count). The van der Waals surface area contributed by atoms with Crippen LogP contribution in [-0.2, 0) is 17.0 Å². The summed E-state index contributed by atoms with van der Waals surface area (Å²) < 4.78 is 12.1. The predicted molar refractivity (Wildman–Crippen MR) is 100 cm³/mol. The summed E-state index contributed by atoms with van der Waals surface area (Å²) in [6, 6.07) is 15.3. The third-order valence-corrected chi connectivity index (χ3v) is 4.90. The zero-order valence-corrected chi connectivity index (χ0v) is 15.1. The third-order valence-electron chi connectivity index (χ3n) is 3.85. The second-order valence-corrected chi connectivity index (χ2v) is 6.44. The van der Waals surface area contributed by atoms with Gasteiger partial charge in [0.25, 0.3) is 5.56 Å². The van der Waals surface area contributed by atoms with Gasteiger partial charge in [-0.1, -0.05) is 36.0 Å². The molecule has 0 fully saturated rings. The van der Waals surface area contributed by atoms with Crippen molar-refractivity contribution in [2.24, 2.45) is 0 Å². The van der Waals surface area contributed by atoms with Crippen LogP contribution in [0.15, 0.2) is 58.5 Å². The number of thioether (sulfide) groups is 1. The minimum atomic E-state index is -0.0317. The monoisotopic (exact) mass is 356 g/mol. The molecule has 130 valence electrons. The van der Waals surface area contributed by atoms with Crippen molar-refractivity contribution in [3.05, 3.63) is 64.4 Å². The number of benzene rings is 2. The Kier molecular flexibility index (Phi) is 5.73. The van der Waals surface area contributed by atoms with Crippen LogP contribution >= 0.6 is 11.8 Å². The molecular weight excluding hydrogens is 336 g/mol. The number of nitrogens with zero attached hydrogens (tertiary/aromatic N) is 2. The van der Waals surface area contributed by atoms with E-state index in [2.05, 4.69) is 4.98 Å². The average molecular weight is 356 g/mol. The lowest BCUT2D eigenvalue weighted by Gasteiger charge is -2.13.